The molecular weight excluding hydrogens is 427 g/mol. The van der Waals surface area contributed by atoms with Gasteiger partial charge in [-0.05, 0) is 39.7 Å². The molecule has 1 aliphatic heterocycles. The first-order valence-corrected chi connectivity index (χ1v) is 7.84. The van der Waals surface area contributed by atoms with E-state index in [4.69, 9.17) is 9.47 Å². The molecule has 0 bridgehead atoms. The zero-order valence-corrected chi connectivity index (χ0v) is 15.1. The number of para-hydroxylation sites is 1. The van der Waals surface area contributed by atoms with Crippen LogP contribution in [0.1, 0.15) is 11.1 Å². The molecule has 25 heavy (non-hydrogen) atoms. The Morgan fingerprint density at radius 3 is 2.64 bits per heavy atom. The lowest BCUT2D eigenvalue weighted by molar-refractivity contribution is -0.274. The van der Waals surface area contributed by atoms with Crippen molar-refractivity contribution >= 4 is 28.3 Å². The topological polar surface area (TPSA) is 39.7 Å². The molecule has 0 atom stereocenters. The predicted molar refractivity (Wildman–Crippen MR) is 91.2 cm³/mol. The summed E-state index contributed by atoms with van der Waals surface area (Å²) in [6.45, 7) is 0.862. The summed E-state index contributed by atoms with van der Waals surface area (Å²) in [5.41, 5.74) is 1.34. The van der Waals surface area contributed by atoms with Crippen molar-refractivity contribution < 1.29 is 27.4 Å². The van der Waals surface area contributed by atoms with E-state index in [2.05, 4.69) is 26.0 Å². The first kappa shape index (κ1) is 19.7. The van der Waals surface area contributed by atoms with Gasteiger partial charge < -0.3 is 19.5 Å². The molecule has 0 radical (unpaired) electrons. The second-order valence-electron chi connectivity index (χ2n) is 5.07. The van der Waals surface area contributed by atoms with Gasteiger partial charge in [0.15, 0.2) is 11.5 Å². The highest BCUT2D eigenvalue weighted by atomic mass is 79.9. The van der Waals surface area contributed by atoms with Crippen LogP contribution in [0.15, 0.2) is 40.9 Å². The fraction of sp³-hybridized carbons (Fsp3) is 0.250. The van der Waals surface area contributed by atoms with Crippen LogP contribution in [0.5, 0.6) is 17.2 Å². The van der Waals surface area contributed by atoms with Crippen molar-refractivity contribution in [2.75, 3.05) is 6.79 Å². The van der Waals surface area contributed by atoms with Crippen molar-refractivity contribution in [2.24, 2.45) is 0 Å². The summed E-state index contributed by atoms with van der Waals surface area (Å²) < 4.78 is 52.7. The Labute approximate surface area is 156 Å². The van der Waals surface area contributed by atoms with Crippen molar-refractivity contribution in [3.8, 4) is 17.2 Å². The normalized spacial score (nSPS) is 12.6. The average Bonchev–Trinajstić information content (AvgIpc) is 2.96. The molecule has 1 heterocycles. The highest BCUT2D eigenvalue weighted by Gasteiger charge is 2.31. The van der Waals surface area contributed by atoms with Crippen molar-refractivity contribution in [3.63, 3.8) is 0 Å². The molecule has 0 spiro atoms. The van der Waals surface area contributed by atoms with E-state index in [9.17, 15) is 13.2 Å². The third kappa shape index (κ3) is 5.17. The number of fused-ring (bicyclic) bond motifs is 1. The molecule has 2 aromatic carbocycles. The summed E-state index contributed by atoms with van der Waals surface area (Å²) in [5, 5.41) is 3.10. The molecule has 1 N–H and O–H groups in total. The molecule has 0 saturated heterocycles. The molecule has 1 aliphatic rings. The molecule has 0 saturated carbocycles. The van der Waals surface area contributed by atoms with Crippen LogP contribution in [0.4, 0.5) is 13.2 Å². The van der Waals surface area contributed by atoms with Gasteiger partial charge >= 0.3 is 6.36 Å². The second-order valence-corrected chi connectivity index (χ2v) is 5.92. The van der Waals surface area contributed by atoms with Gasteiger partial charge in [-0.2, -0.15) is 0 Å². The zero-order valence-electron chi connectivity index (χ0n) is 12.7. The monoisotopic (exact) mass is 439 g/mol. The highest BCUT2D eigenvalue weighted by Crippen LogP contribution is 2.40. The summed E-state index contributed by atoms with van der Waals surface area (Å²) in [5.74, 6) is 1.09. The van der Waals surface area contributed by atoms with Crippen molar-refractivity contribution in [3.05, 3.63) is 52.0 Å². The second kappa shape index (κ2) is 8.16. The number of hydrogen-bond acceptors (Lipinski definition) is 4. The molecule has 0 aromatic heterocycles. The largest absolute Gasteiger partial charge is 0.573 e. The lowest BCUT2D eigenvalue weighted by atomic mass is 10.1. The van der Waals surface area contributed by atoms with Crippen LogP contribution >= 0.6 is 28.3 Å². The Morgan fingerprint density at radius 2 is 1.88 bits per heavy atom. The fourth-order valence-corrected chi connectivity index (χ4v) is 2.94. The molecule has 136 valence electrons. The van der Waals surface area contributed by atoms with E-state index in [1.165, 1.54) is 12.1 Å². The van der Waals surface area contributed by atoms with Crippen molar-refractivity contribution in [1.82, 2.24) is 5.32 Å². The van der Waals surface area contributed by atoms with Gasteiger partial charge in [-0.15, -0.1) is 25.6 Å². The molecule has 4 nitrogen and oxygen atoms in total. The molecule has 3 rings (SSSR count). The van der Waals surface area contributed by atoms with Gasteiger partial charge in [0.25, 0.3) is 0 Å². The van der Waals surface area contributed by atoms with E-state index in [-0.39, 0.29) is 31.5 Å². The van der Waals surface area contributed by atoms with E-state index in [0.29, 0.717) is 23.6 Å². The highest BCUT2D eigenvalue weighted by molar-refractivity contribution is 9.10. The zero-order chi connectivity index (χ0) is 17.2. The Balaban J connectivity index is 0.00000225. The Hall–Kier alpha value is -1.64. The quantitative estimate of drug-likeness (QED) is 0.726. The van der Waals surface area contributed by atoms with Crippen LogP contribution < -0.4 is 19.5 Å². The number of hydrogen-bond donors (Lipinski definition) is 1. The van der Waals surface area contributed by atoms with Gasteiger partial charge in [0.05, 0.1) is 4.47 Å². The van der Waals surface area contributed by atoms with Crippen LogP contribution in [0.2, 0.25) is 0 Å². The lowest BCUT2D eigenvalue weighted by Crippen LogP contribution is -2.20. The van der Waals surface area contributed by atoms with Gasteiger partial charge in [0.2, 0.25) is 6.79 Å². The van der Waals surface area contributed by atoms with Crippen LogP contribution in [0.25, 0.3) is 0 Å². The van der Waals surface area contributed by atoms with E-state index in [1.54, 1.807) is 12.1 Å². The summed E-state index contributed by atoms with van der Waals surface area (Å²) in [6, 6.07) is 9.75. The minimum Gasteiger partial charge on any atom is -0.454 e. The molecule has 0 fully saturated rings. The minimum atomic E-state index is -4.71. The maximum absolute atomic E-state index is 12.4. The van der Waals surface area contributed by atoms with Crippen LogP contribution in [0, 0.1) is 0 Å². The lowest BCUT2D eigenvalue weighted by Gasteiger charge is -2.14. The standard InChI is InChI=1S/C16H13BrF3NO3.ClH/c17-12-5-10(6-14-15(12)23-9-22-14)7-21-8-11-3-1-2-4-13(11)24-16(18,19)20;/h1-6,21H,7-9H2;1H. The van der Waals surface area contributed by atoms with E-state index < -0.39 is 6.36 Å². The maximum Gasteiger partial charge on any atom is 0.573 e. The van der Waals surface area contributed by atoms with Gasteiger partial charge in [0.1, 0.15) is 5.75 Å². The molecule has 0 amide bonds. The van der Waals surface area contributed by atoms with E-state index >= 15 is 0 Å². The number of halogens is 5. The van der Waals surface area contributed by atoms with Gasteiger partial charge in [0, 0.05) is 18.7 Å². The van der Waals surface area contributed by atoms with Gasteiger partial charge in [-0.3, -0.25) is 0 Å². The SMILES string of the molecule is Cl.FC(F)(F)Oc1ccccc1CNCc1cc(Br)c2c(c1)OCO2. The fourth-order valence-electron chi connectivity index (χ4n) is 2.34. The first-order valence-electron chi connectivity index (χ1n) is 7.05. The summed E-state index contributed by atoms with van der Waals surface area (Å²) in [6.07, 6.45) is -4.71. The van der Waals surface area contributed by atoms with Crippen molar-refractivity contribution in [2.45, 2.75) is 19.5 Å². The Bertz CT molecular complexity index is 743. The Kier molecular flexibility index (Phi) is 6.42. The van der Waals surface area contributed by atoms with E-state index in [1.807, 2.05) is 12.1 Å². The van der Waals surface area contributed by atoms with E-state index in [0.717, 1.165) is 10.0 Å². The van der Waals surface area contributed by atoms with Crippen molar-refractivity contribution in [1.29, 1.82) is 0 Å². The molecule has 0 unspecified atom stereocenters. The van der Waals surface area contributed by atoms with Gasteiger partial charge in [-0.25, -0.2) is 0 Å². The summed E-state index contributed by atoms with van der Waals surface area (Å²) >= 11 is 3.40. The van der Waals surface area contributed by atoms with Crippen LogP contribution in [0.3, 0.4) is 0 Å². The van der Waals surface area contributed by atoms with Crippen LogP contribution in [-0.4, -0.2) is 13.2 Å². The third-order valence-electron chi connectivity index (χ3n) is 3.33. The minimum absolute atomic E-state index is 0. The number of ether oxygens (including phenoxy) is 3. The van der Waals surface area contributed by atoms with Gasteiger partial charge in [-0.1, -0.05) is 18.2 Å². The predicted octanol–water partition coefficient (Wildman–Crippen LogP) is 4.79. The van der Waals surface area contributed by atoms with Crippen LogP contribution in [-0.2, 0) is 13.1 Å². The molecule has 9 heteroatoms. The smallest absolute Gasteiger partial charge is 0.454 e. The summed E-state index contributed by atoms with van der Waals surface area (Å²) in [4.78, 5) is 0. The Morgan fingerprint density at radius 1 is 1.12 bits per heavy atom. The third-order valence-corrected chi connectivity index (χ3v) is 3.92. The number of alkyl halides is 3. The average molecular weight is 441 g/mol. The maximum atomic E-state index is 12.4. The number of nitrogens with one attached hydrogen (secondary N) is 1. The molecule has 2 aromatic rings. The number of benzene rings is 2. The molecule has 0 aliphatic carbocycles. The first-order chi connectivity index (χ1) is 11.4. The molecular formula is C16H14BrClF3NO3. The number of rotatable bonds is 5. The summed E-state index contributed by atoms with van der Waals surface area (Å²) in [7, 11) is 0.